The molecule has 0 spiro atoms. The van der Waals surface area contributed by atoms with Gasteiger partial charge in [-0.25, -0.2) is 0 Å². The molecule has 2 N–H and O–H groups in total. The molecule has 2 heteroatoms. The van der Waals surface area contributed by atoms with Crippen LogP contribution in [0.4, 0.5) is 0 Å². The van der Waals surface area contributed by atoms with Crippen LogP contribution in [0.5, 0.6) is 0 Å². The first-order chi connectivity index (χ1) is 8.27. The monoisotopic (exact) mass is 234 g/mol. The van der Waals surface area contributed by atoms with Crippen molar-refractivity contribution in [1.82, 2.24) is 10.6 Å². The van der Waals surface area contributed by atoms with Gasteiger partial charge in [0.25, 0.3) is 0 Å². The Morgan fingerprint density at radius 2 is 1.65 bits per heavy atom. The molecule has 1 rings (SSSR count). The molecule has 1 atom stereocenters. The highest BCUT2D eigenvalue weighted by atomic mass is 14.9. The van der Waals surface area contributed by atoms with Gasteiger partial charge in [-0.2, -0.15) is 0 Å². The molecule has 0 saturated carbocycles. The molecule has 2 nitrogen and oxygen atoms in total. The third-order valence-electron chi connectivity index (χ3n) is 3.22. The van der Waals surface area contributed by atoms with Crippen LogP contribution in [0.15, 0.2) is 24.3 Å². The van der Waals surface area contributed by atoms with Crippen LogP contribution in [0.25, 0.3) is 0 Å². The zero-order chi connectivity index (χ0) is 12.5. The van der Waals surface area contributed by atoms with Crippen molar-refractivity contribution in [1.29, 1.82) is 0 Å². The van der Waals surface area contributed by atoms with E-state index in [0.29, 0.717) is 5.92 Å². The van der Waals surface area contributed by atoms with E-state index in [1.165, 1.54) is 17.5 Å². The number of benzene rings is 1. The summed E-state index contributed by atoms with van der Waals surface area (Å²) in [6.07, 6.45) is 1.21. The van der Waals surface area contributed by atoms with Gasteiger partial charge < -0.3 is 10.6 Å². The predicted molar refractivity (Wildman–Crippen MR) is 75.4 cm³/mol. The Balaban J connectivity index is 2.30. The molecule has 0 radical (unpaired) electrons. The van der Waals surface area contributed by atoms with E-state index >= 15 is 0 Å². The van der Waals surface area contributed by atoms with Gasteiger partial charge in [0.15, 0.2) is 0 Å². The normalized spacial score (nSPS) is 12.6. The van der Waals surface area contributed by atoms with Crippen LogP contribution < -0.4 is 10.6 Å². The Labute approximate surface area is 106 Å². The standard InChI is InChI=1S/C15H26N2/c1-4-13(3)15-8-6-14(7-9-15)12-17-11-10-16-5-2/h6-9,13,16-17H,4-5,10-12H2,1-3H3. The van der Waals surface area contributed by atoms with Crippen molar-refractivity contribution in [3.8, 4) is 0 Å². The molecule has 0 bridgehead atoms. The van der Waals surface area contributed by atoms with E-state index in [1.807, 2.05) is 0 Å². The van der Waals surface area contributed by atoms with E-state index in [4.69, 9.17) is 0 Å². The maximum absolute atomic E-state index is 3.44. The van der Waals surface area contributed by atoms with Gasteiger partial charge in [-0.1, -0.05) is 45.0 Å². The second kappa shape index (κ2) is 8.26. The largest absolute Gasteiger partial charge is 0.316 e. The molecule has 1 unspecified atom stereocenters. The quantitative estimate of drug-likeness (QED) is 0.676. The second-order valence-corrected chi connectivity index (χ2v) is 4.58. The minimum atomic E-state index is 0.672. The average Bonchev–Trinajstić information content (AvgIpc) is 2.38. The zero-order valence-corrected chi connectivity index (χ0v) is 11.4. The lowest BCUT2D eigenvalue weighted by atomic mass is 9.98. The summed E-state index contributed by atoms with van der Waals surface area (Å²) in [7, 11) is 0. The van der Waals surface area contributed by atoms with Crippen molar-refractivity contribution in [3.63, 3.8) is 0 Å². The zero-order valence-electron chi connectivity index (χ0n) is 11.4. The van der Waals surface area contributed by atoms with Gasteiger partial charge in [-0.15, -0.1) is 0 Å². The highest BCUT2D eigenvalue weighted by Crippen LogP contribution is 2.18. The van der Waals surface area contributed by atoms with Crippen LogP contribution in [0.2, 0.25) is 0 Å². The molecule has 0 fully saturated rings. The van der Waals surface area contributed by atoms with Crippen molar-refractivity contribution in [3.05, 3.63) is 35.4 Å². The lowest BCUT2D eigenvalue weighted by molar-refractivity contribution is 0.624. The molecular weight excluding hydrogens is 208 g/mol. The van der Waals surface area contributed by atoms with Crippen LogP contribution in [0.3, 0.4) is 0 Å². The summed E-state index contributed by atoms with van der Waals surface area (Å²) >= 11 is 0. The molecule has 0 heterocycles. The van der Waals surface area contributed by atoms with Crippen LogP contribution in [0, 0.1) is 0 Å². The van der Waals surface area contributed by atoms with Gasteiger partial charge >= 0.3 is 0 Å². The van der Waals surface area contributed by atoms with Crippen LogP contribution in [-0.4, -0.2) is 19.6 Å². The summed E-state index contributed by atoms with van der Waals surface area (Å²) in [5, 5.41) is 6.74. The van der Waals surface area contributed by atoms with Gasteiger partial charge in [0, 0.05) is 19.6 Å². The summed E-state index contributed by atoms with van der Waals surface area (Å²) in [5.41, 5.74) is 2.82. The van der Waals surface area contributed by atoms with Gasteiger partial charge in [0.1, 0.15) is 0 Å². The molecular formula is C15H26N2. The minimum Gasteiger partial charge on any atom is -0.316 e. The molecule has 1 aromatic carbocycles. The summed E-state index contributed by atoms with van der Waals surface area (Å²) in [4.78, 5) is 0. The molecule has 0 aliphatic rings. The van der Waals surface area contributed by atoms with E-state index in [0.717, 1.165) is 26.2 Å². The van der Waals surface area contributed by atoms with Crippen molar-refractivity contribution in [2.75, 3.05) is 19.6 Å². The third-order valence-corrected chi connectivity index (χ3v) is 3.22. The molecule has 17 heavy (non-hydrogen) atoms. The molecule has 1 aromatic rings. The third kappa shape index (κ3) is 5.33. The van der Waals surface area contributed by atoms with Gasteiger partial charge in [0.2, 0.25) is 0 Å². The molecule has 0 amide bonds. The van der Waals surface area contributed by atoms with Crippen molar-refractivity contribution < 1.29 is 0 Å². The van der Waals surface area contributed by atoms with E-state index in [2.05, 4.69) is 55.7 Å². The molecule has 96 valence electrons. The number of rotatable bonds is 8. The van der Waals surface area contributed by atoms with Crippen LogP contribution in [0.1, 0.15) is 44.2 Å². The van der Waals surface area contributed by atoms with E-state index < -0.39 is 0 Å². The van der Waals surface area contributed by atoms with Crippen molar-refractivity contribution in [2.45, 2.75) is 39.7 Å². The predicted octanol–water partition coefficient (Wildman–Crippen LogP) is 2.90. The van der Waals surface area contributed by atoms with Gasteiger partial charge in [0.05, 0.1) is 0 Å². The maximum atomic E-state index is 3.44. The average molecular weight is 234 g/mol. The fourth-order valence-corrected chi connectivity index (χ4v) is 1.79. The summed E-state index contributed by atoms with van der Waals surface area (Å²) in [5.74, 6) is 0.672. The minimum absolute atomic E-state index is 0.672. The molecule has 0 aliphatic heterocycles. The van der Waals surface area contributed by atoms with Crippen LogP contribution in [-0.2, 0) is 6.54 Å². The topological polar surface area (TPSA) is 24.1 Å². The smallest absolute Gasteiger partial charge is 0.0206 e. The van der Waals surface area contributed by atoms with Gasteiger partial charge in [-0.3, -0.25) is 0 Å². The van der Waals surface area contributed by atoms with Crippen molar-refractivity contribution >= 4 is 0 Å². The SMILES string of the molecule is CCNCCNCc1ccc(C(C)CC)cc1. The number of hydrogen-bond acceptors (Lipinski definition) is 2. The highest BCUT2D eigenvalue weighted by Gasteiger charge is 2.01. The van der Waals surface area contributed by atoms with E-state index in [9.17, 15) is 0 Å². The summed E-state index contributed by atoms with van der Waals surface area (Å²) in [6.45, 7) is 10.7. The van der Waals surface area contributed by atoms with E-state index in [1.54, 1.807) is 0 Å². The molecule has 0 aromatic heterocycles. The van der Waals surface area contributed by atoms with Crippen molar-refractivity contribution in [2.24, 2.45) is 0 Å². The van der Waals surface area contributed by atoms with E-state index in [-0.39, 0.29) is 0 Å². The first kappa shape index (κ1) is 14.2. The lowest BCUT2D eigenvalue weighted by Gasteiger charge is -2.10. The lowest BCUT2D eigenvalue weighted by Crippen LogP contribution is -2.26. The Morgan fingerprint density at radius 1 is 1.00 bits per heavy atom. The Bertz CT molecular complexity index is 292. The fourth-order valence-electron chi connectivity index (χ4n) is 1.79. The van der Waals surface area contributed by atoms with Gasteiger partial charge in [-0.05, 0) is 30.0 Å². The Kier molecular flexibility index (Phi) is 6.90. The Hall–Kier alpha value is -0.860. The number of hydrogen-bond donors (Lipinski definition) is 2. The highest BCUT2D eigenvalue weighted by molar-refractivity contribution is 5.24. The van der Waals surface area contributed by atoms with Crippen LogP contribution >= 0.6 is 0 Å². The Morgan fingerprint density at radius 3 is 2.24 bits per heavy atom. The first-order valence-corrected chi connectivity index (χ1v) is 6.78. The summed E-state index contributed by atoms with van der Waals surface area (Å²) in [6, 6.07) is 8.99. The molecule has 0 aliphatic carbocycles. The summed E-state index contributed by atoms with van der Waals surface area (Å²) < 4.78 is 0. The maximum Gasteiger partial charge on any atom is 0.0206 e. The number of likely N-dealkylation sites (N-methyl/N-ethyl adjacent to an activating group) is 1. The fraction of sp³-hybridized carbons (Fsp3) is 0.600. The molecule has 0 saturated heterocycles. The second-order valence-electron chi connectivity index (χ2n) is 4.58. The number of nitrogens with one attached hydrogen (secondary N) is 2. The first-order valence-electron chi connectivity index (χ1n) is 6.78.